The summed E-state index contributed by atoms with van der Waals surface area (Å²) in [7, 11) is 1.28. The third-order valence-electron chi connectivity index (χ3n) is 6.83. The molecular weight excluding hydrogens is 514 g/mol. The van der Waals surface area contributed by atoms with Gasteiger partial charge in [-0.05, 0) is 48.1 Å². The lowest BCUT2D eigenvalue weighted by Crippen LogP contribution is -2.41. The number of carbonyl (C=O) groups is 4. The van der Waals surface area contributed by atoms with Crippen LogP contribution in [0.3, 0.4) is 0 Å². The summed E-state index contributed by atoms with van der Waals surface area (Å²) >= 11 is 0. The number of esters is 4. The molecular formula is C31H41NO8. The molecule has 9 heteroatoms. The fourth-order valence-electron chi connectivity index (χ4n) is 3.44. The lowest BCUT2D eigenvalue weighted by atomic mass is 9.98. The van der Waals surface area contributed by atoms with E-state index in [1.54, 1.807) is 62.4 Å². The van der Waals surface area contributed by atoms with Crippen LogP contribution in [0.25, 0.3) is 0 Å². The second-order valence-corrected chi connectivity index (χ2v) is 10.4. The average molecular weight is 556 g/mol. The number of carbonyl (C=O) groups excluding carboxylic acids is 4. The van der Waals surface area contributed by atoms with Crippen LogP contribution in [-0.4, -0.2) is 50.2 Å². The van der Waals surface area contributed by atoms with Crippen molar-refractivity contribution in [1.29, 1.82) is 0 Å². The summed E-state index contributed by atoms with van der Waals surface area (Å²) in [5.41, 5.74) is 1.07. The summed E-state index contributed by atoms with van der Waals surface area (Å²) in [4.78, 5) is 50.1. The third-order valence-corrected chi connectivity index (χ3v) is 6.83. The topological polar surface area (TPSA) is 117 Å². The van der Waals surface area contributed by atoms with E-state index in [1.807, 2.05) is 27.7 Å². The maximum Gasteiger partial charge on any atom is 0.338 e. The van der Waals surface area contributed by atoms with Crippen LogP contribution in [0, 0.1) is 23.7 Å². The maximum atomic E-state index is 12.8. The van der Waals surface area contributed by atoms with Gasteiger partial charge >= 0.3 is 23.9 Å². The van der Waals surface area contributed by atoms with E-state index in [-0.39, 0.29) is 54.7 Å². The number of hydrogen-bond donors (Lipinski definition) is 1. The molecule has 0 saturated carbocycles. The first kappa shape index (κ1) is 32.5. The van der Waals surface area contributed by atoms with Crippen LogP contribution in [0.1, 0.15) is 57.5 Å². The molecule has 0 amide bonds. The van der Waals surface area contributed by atoms with E-state index >= 15 is 0 Å². The van der Waals surface area contributed by atoms with Crippen molar-refractivity contribution in [3.63, 3.8) is 0 Å². The summed E-state index contributed by atoms with van der Waals surface area (Å²) in [6.45, 7) is 11.5. The van der Waals surface area contributed by atoms with Gasteiger partial charge in [0.05, 0.1) is 24.5 Å². The first-order valence-electron chi connectivity index (χ1n) is 13.5. The monoisotopic (exact) mass is 555 g/mol. The number of methoxy groups -OCH3 is 1. The van der Waals surface area contributed by atoms with Gasteiger partial charge in [-0.2, -0.15) is 0 Å². The normalized spacial score (nSPS) is 13.3. The molecule has 0 aromatic heterocycles. The van der Waals surface area contributed by atoms with Crippen molar-refractivity contribution in [2.45, 2.75) is 54.0 Å². The van der Waals surface area contributed by atoms with Crippen molar-refractivity contribution in [3.8, 4) is 11.5 Å². The van der Waals surface area contributed by atoms with Gasteiger partial charge in [0.1, 0.15) is 12.6 Å². The van der Waals surface area contributed by atoms with Gasteiger partial charge in [0.25, 0.3) is 0 Å². The van der Waals surface area contributed by atoms with Crippen LogP contribution in [-0.2, 0) is 30.3 Å². The molecule has 0 saturated heterocycles. The van der Waals surface area contributed by atoms with Gasteiger partial charge in [-0.1, -0.05) is 65.8 Å². The van der Waals surface area contributed by atoms with Gasteiger partial charge in [-0.15, -0.1) is 0 Å². The van der Waals surface area contributed by atoms with Crippen LogP contribution in [0.2, 0.25) is 0 Å². The van der Waals surface area contributed by atoms with Crippen LogP contribution < -0.4 is 14.8 Å². The number of rotatable bonds is 14. The average Bonchev–Trinajstić information content (AvgIpc) is 2.94. The SMILES string of the molecule is COC(=O)[C@H](Cc1ccc(OC(=O)C(C)C(C)C)c(OC(=O)C(C)C(C)C)c1)NCCOC(=O)c1ccccc1. The Morgan fingerprint density at radius 1 is 0.750 bits per heavy atom. The molecule has 2 unspecified atom stereocenters. The van der Waals surface area contributed by atoms with Crippen molar-refractivity contribution < 1.29 is 38.1 Å². The minimum absolute atomic E-state index is 0.0418. The minimum atomic E-state index is -0.770. The number of benzene rings is 2. The van der Waals surface area contributed by atoms with Crippen LogP contribution in [0.4, 0.5) is 0 Å². The Kier molecular flexibility index (Phi) is 12.8. The Morgan fingerprint density at radius 2 is 1.32 bits per heavy atom. The number of hydrogen-bond acceptors (Lipinski definition) is 9. The first-order chi connectivity index (χ1) is 18.9. The van der Waals surface area contributed by atoms with Crippen molar-refractivity contribution in [3.05, 3.63) is 59.7 Å². The quantitative estimate of drug-likeness (QED) is 0.203. The molecule has 218 valence electrons. The maximum absolute atomic E-state index is 12.8. The molecule has 0 aliphatic rings. The van der Waals surface area contributed by atoms with Crippen molar-refractivity contribution >= 4 is 23.9 Å². The molecule has 0 aliphatic carbocycles. The van der Waals surface area contributed by atoms with Crippen LogP contribution in [0.5, 0.6) is 11.5 Å². The second-order valence-electron chi connectivity index (χ2n) is 10.4. The lowest BCUT2D eigenvalue weighted by molar-refractivity contribution is -0.143. The van der Waals surface area contributed by atoms with Gasteiger partial charge in [-0.3, -0.25) is 14.4 Å². The standard InChI is InChI=1S/C31H41NO8/c1-19(2)21(5)28(33)39-26-14-13-23(18-27(26)40-29(34)22(6)20(3)4)17-25(31(36)37-7)32-15-16-38-30(35)24-11-9-8-10-12-24/h8-14,18-22,25,32H,15-17H2,1-7H3/t21?,22?,25-/m0/s1. The highest BCUT2D eigenvalue weighted by atomic mass is 16.6. The zero-order valence-electron chi connectivity index (χ0n) is 24.4. The van der Waals surface area contributed by atoms with Crippen molar-refractivity contribution in [2.75, 3.05) is 20.3 Å². The van der Waals surface area contributed by atoms with Gasteiger partial charge in [0, 0.05) is 6.54 Å². The largest absolute Gasteiger partial charge is 0.468 e. The summed E-state index contributed by atoms with van der Waals surface area (Å²) in [6, 6.07) is 12.7. The van der Waals surface area contributed by atoms with E-state index in [9.17, 15) is 19.2 Å². The van der Waals surface area contributed by atoms with E-state index in [0.29, 0.717) is 11.1 Å². The Balaban J connectivity index is 2.18. The molecule has 3 atom stereocenters. The van der Waals surface area contributed by atoms with Crippen molar-refractivity contribution in [2.24, 2.45) is 23.7 Å². The van der Waals surface area contributed by atoms with Crippen LogP contribution >= 0.6 is 0 Å². The van der Waals surface area contributed by atoms with Crippen molar-refractivity contribution in [1.82, 2.24) is 5.32 Å². The van der Waals surface area contributed by atoms with E-state index in [2.05, 4.69) is 5.32 Å². The molecule has 0 heterocycles. The predicted octanol–water partition coefficient (Wildman–Crippen LogP) is 4.61. The molecule has 0 aliphatic heterocycles. The Hall–Kier alpha value is -3.72. The Bertz CT molecular complexity index is 1150. The molecule has 0 radical (unpaired) electrons. The van der Waals surface area contributed by atoms with E-state index in [0.717, 1.165) is 0 Å². The van der Waals surface area contributed by atoms with E-state index < -0.39 is 29.9 Å². The smallest absolute Gasteiger partial charge is 0.338 e. The van der Waals surface area contributed by atoms with Crippen LogP contribution in [0.15, 0.2) is 48.5 Å². The summed E-state index contributed by atoms with van der Waals surface area (Å²) < 4.78 is 21.5. The van der Waals surface area contributed by atoms with Gasteiger partial charge < -0.3 is 24.3 Å². The molecule has 2 rings (SSSR count). The second kappa shape index (κ2) is 15.8. The Morgan fingerprint density at radius 3 is 1.88 bits per heavy atom. The molecule has 0 spiro atoms. The van der Waals surface area contributed by atoms with Gasteiger partial charge in [0.2, 0.25) is 0 Å². The molecule has 1 N–H and O–H groups in total. The summed E-state index contributed by atoms with van der Waals surface area (Å²) in [5.74, 6) is -2.27. The summed E-state index contributed by atoms with van der Waals surface area (Å²) in [5, 5.41) is 3.05. The summed E-state index contributed by atoms with van der Waals surface area (Å²) in [6.07, 6.45) is 0.181. The minimum Gasteiger partial charge on any atom is -0.468 e. The Labute approximate surface area is 236 Å². The zero-order chi connectivity index (χ0) is 29.8. The zero-order valence-corrected chi connectivity index (χ0v) is 24.4. The predicted molar refractivity (Wildman–Crippen MR) is 150 cm³/mol. The fraction of sp³-hybridized carbons (Fsp3) is 0.484. The molecule has 0 fully saturated rings. The highest BCUT2D eigenvalue weighted by Crippen LogP contribution is 2.31. The first-order valence-corrected chi connectivity index (χ1v) is 13.5. The highest BCUT2D eigenvalue weighted by Gasteiger charge is 2.25. The highest BCUT2D eigenvalue weighted by molar-refractivity contribution is 5.89. The molecule has 0 bridgehead atoms. The van der Waals surface area contributed by atoms with Gasteiger partial charge in [0.15, 0.2) is 11.5 Å². The van der Waals surface area contributed by atoms with Gasteiger partial charge in [-0.25, -0.2) is 4.79 Å². The van der Waals surface area contributed by atoms with E-state index in [4.69, 9.17) is 18.9 Å². The molecule has 40 heavy (non-hydrogen) atoms. The molecule has 2 aromatic rings. The molecule has 2 aromatic carbocycles. The number of nitrogens with one attached hydrogen (secondary N) is 1. The molecule has 9 nitrogen and oxygen atoms in total. The van der Waals surface area contributed by atoms with E-state index in [1.165, 1.54) is 7.11 Å². The lowest BCUT2D eigenvalue weighted by Gasteiger charge is -2.20. The number of ether oxygens (including phenoxy) is 4. The fourth-order valence-corrected chi connectivity index (χ4v) is 3.44. The third kappa shape index (κ3) is 9.79.